The molecule has 0 aliphatic heterocycles. The fraction of sp³-hybridized carbons (Fsp3) is 0.500. The molecule has 3 N–H and O–H groups in total. The second-order valence-electron chi connectivity index (χ2n) is 4.08. The average Bonchev–Trinajstić information content (AvgIpc) is 2.26. The number of phenols is 1. The summed E-state index contributed by atoms with van der Waals surface area (Å²) in [5.74, 6) is 5.36. The van der Waals surface area contributed by atoms with Gasteiger partial charge in [-0.05, 0) is 48.4 Å². The summed E-state index contributed by atoms with van der Waals surface area (Å²) in [5, 5.41) is 9.80. The van der Waals surface area contributed by atoms with Crippen molar-refractivity contribution < 1.29 is 9.94 Å². The highest BCUT2D eigenvalue weighted by atomic mass is 16.6. The molecular formula is C12H17NO2. The van der Waals surface area contributed by atoms with Gasteiger partial charge in [0.25, 0.3) is 0 Å². The largest absolute Gasteiger partial charge is 0.508 e. The van der Waals surface area contributed by atoms with E-state index in [0.29, 0.717) is 18.8 Å². The molecule has 0 bridgehead atoms. The molecule has 15 heavy (non-hydrogen) atoms. The first kappa shape index (κ1) is 10.5. The first-order valence-electron chi connectivity index (χ1n) is 5.46. The third kappa shape index (κ3) is 2.30. The van der Waals surface area contributed by atoms with E-state index in [1.807, 2.05) is 6.07 Å². The fourth-order valence-electron chi connectivity index (χ4n) is 2.19. The zero-order valence-corrected chi connectivity index (χ0v) is 8.83. The van der Waals surface area contributed by atoms with Gasteiger partial charge in [0, 0.05) is 6.42 Å². The van der Waals surface area contributed by atoms with Crippen LogP contribution in [0, 0.1) is 0 Å². The second-order valence-corrected chi connectivity index (χ2v) is 4.08. The number of hydrogen-bond acceptors (Lipinski definition) is 3. The standard InChI is InChI=1S/C12H17NO2/c13-15-6-5-11-7-9-3-1-2-4-10(9)8-12(11)14/h7-8,14H,1-6,13H2. The van der Waals surface area contributed by atoms with Gasteiger partial charge in [-0.15, -0.1) is 0 Å². The summed E-state index contributed by atoms with van der Waals surface area (Å²) in [6.45, 7) is 0.451. The Kier molecular flexibility index (Phi) is 3.23. The van der Waals surface area contributed by atoms with Gasteiger partial charge >= 0.3 is 0 Å². The molecule has 1 aromatic carbocycles. The van der Waals surface area contributed by atoms with E-state index in [0.717, 1.165) is 18.4 Å². The molecule has 0 saturated heterocycles. The monoisotopic (exact) mass is 207 g/mol. The van der Waals surface area contributed by atoms with Crippen molar-refractivity contribution in [2.45, 2.75) is 32.1 Å². The summed E-state index contributed by atoms with van der Waals surface area (Å²) in [7, 11) is 0. The molecule has 0 atom stereocenters. The third-order valence-electron chi connectivity index (χ3n) is 3.03. The predicted octanol–water partition coefficient (Wildman–Crippen LogP) is 1.70. The van der Waals surface area contributed by atoms with Gasteiger partial charge in [-0.1, -0.05) is 6.07 Å². The van der Waals surface area contributed by atoms with Crippen LogP contribution in [0.1, 0.15) is 29.5 Å². The van der Waals surface area contributed by atoms with Crippen LogP contribution in [0.5, 0.6) is 5.75 Å². The maximum atomic E-state index is 9.80. The molecular weight excluding hydrogens is 190 g/mol. The predicted molar refractivity (Wildman–Crippen MR) is 58.6 cm³/mol. The number of benzene rings is 1. The summed E-state index contributed by atoms with van der Waals surface area (Å²) in [5.41, 5.74) is 3.63. The van der Waals surface area contributed by atoms with E-state index in [2.05, 4.69) is 10.9 Å². The Hall–Kier alpha value is -1.06. The lowest BCUT2D eigenvalue weighted by Crippen LogP contribution is -2.07. The molecule has 3 nitrogen and oxygen atoms in total. The van der Waals surface area contributed by atoms with Gasteiger partial charge in [-0.2, -0.15) is 0 Å². The van der Waals surface area contributed by atoms with Gasteiger partial charge < -0.3 is 9.94 Å². The van der Waals surface area contributed by atoms with Crippen molar-refractivity contribution in [1.29, 1.82) is 0 Å². The van der Waals surface area contributed by atoms with Crippen molar-refractivity contribution in [2.75, 3.05) is 6.61 Å². The van der Waals surface area contributed by atoms with E-state index in [1.54, 1.807) is 0 Å². The van der Waals surface area contributed by atoms with Crippen LogP contribution in [-0.2, 0) is 24.1 Å². The van der Waals surface area contributed by atoms with E-state index < -0.39 is 0 Å². The van der Waals surface area contributed by atoms with Crippen molar-refractivity contribution in [3.63, 3.8) is 0 Å². The van der Waals surface area contributed by atoms with Crippen molar-refractivity contribution in [1.82, 2.24) is 0 Å². The smallest absolute Gasteiger partial charge is 0.119 e. The van der Waals surface area contributed by atoms with Crippen molar-refractivity contribution >= 4 is 0 Å². The normalized spacial score (nSPS) is 15.0. The number of phenolic OH excluding ortho intramolecular Hbond substituents is 1. The zero-order valence-electron chi connectivity index (χ0n) is 8.83. The molecule has 0 saturated carbocycles. The lowest BCUT2D eigenvalue weighted by Gasteiger charge is -2.17. The molecule has 0 heterocycles. The Morgan fingerprint density at radius 1 is 1.20 bits per heavy atom. The summed E-state index contributed by atoms with van der Waals surface area (Å²) < 4.78 is 0. The van der Waals surface area contributed by atoms with Crippen LogP contribution in [0.2, 0.25) is 0 Å². The van der Waals surface area contributed by atoms with Crippen molar-refractivity contribution in [2.24, 2.45) is 5.90 Å². The van der Waals surface area contributed by atoms with Gasteiger partial charge in [-0.25, -0.2) is 5.90 Å². The second kappa shape index (κ2) is 4.64. The molecule has 0 radical (unpaired) electrons. The zero-order chi connectivity index (χ0) is 10.7. The number of aromatic hydroxyl groups is 1. The lowest BCUT2D eigenvalue weighted by molar-refractivity contribution is 0.140. The molecule has 0 fully saturated rings. The fourth-order valence-corrected chi connectivity index (χ4v) is 2.19. The number of aryl methyl sites for hydroxylation is 2. The van der Waals surface area contributed by atoms with Gasteiger partial charge in [-0.3, -0.25) is 0 Å². The minimum absolute atomic E-state index is 0.382. The van der Waals surface area contributed by atoms with Crippen LogP contribution < -0.4 is 5.90 Å². The number of nitrogens with two attached hydrogens (primary N) is 1. The van der Waals surface area contributed by atoms with E-state index >= 15 is 0 Å². The number of hydrogen-bond donors (Lipinski definition) is 2. The van der Waals surface area contributed by atoms with E-state index in [-0.39, 0.29) is 0 Å². The van der Waals surface area contributed by atoms with Crippen LogP contribution in [-0.4, -0.2) is 11.7 Å². The molecule has 1 aliphatic rings. The summed E-state index contributed by atoms with van der Waals surface area (Å²) >= 11 is 0. The number of fused-ring (bicyclic) bond motifs is 1. The van der Waals surface area contributed by atoms with Crippen LogP contribution in [0.4, 0.5) is 0 Å². The van der Waals surface area contributed by atoms with Crippen molar-refractivity contribution in [3.05, 3.63) is 28.8 Å². The maximum absolute atomic E-state index is 9.80. The third-order valence-corrected chi connectivity index (χ3v) is 3.03. The number of rotatable bonds is 3. The van der Waals surface area contributed by atoms with Crippen LogP contribution in [0.25, 0.3) is 0 Å². The summed E-state index contributed by atoms with van der Waals surface area (Å²) in [6, 6.07) is 4.00. The molecule has 0 unspecified atom stereocenters. The summed E-state index contributed by atoms with van der Waals surface area (Å²) in [4.78, 5) is 4.53. The van der Waals surface area contributed by atoms with Crippen LogP contribution >= 0.6 is 0 Å². The van der Waals surface area contributed by atoms with E-state index in [4.69, 9.17) is 5.90 Å². The first-order valence-corrected chi connectivity index (χ1v) is 5.46. The SMILES string of the molecule is NOCCc1cc2c(cc1O)CCCC2. The Labute approximate surface area is 89.8 Å². The highest BCUT2D eigenvalue weighted by Gasteiger charge is 2.12. The quantitative estimate of drug-likeness (QED) is 0.742. The Balaban J connectivity index is 2.24. The van der Waals surface area contributed by atoms with E-state index in [9.17, 15) is 5.11 Å². The molecule has 0 aromatic heterocycles. The summed E-state index contributed by atoms with van der Waals surface area (Å²) in [6.07, 6.45) is 5.39. The molecule has 82 valence electrons. The van der Waals surface area contributed by atoms with Crippen LogP contribution in [0.3, 0.4) is 0 Å². The Bertz CT molecular complexity index is 350. The van der Waals surface area contributed by atoms with Gasteiger partial charge in [0.05, 0.1) is 6.61 Å². The first-order chi connectivity index (χ1) is 7.31. The minimum Gasteiger partial charge on any atom is -0.508 e. The van der Waals surface area contributed by atoms with E-state index in [1.165, 1.54) is 24.0 Å². The maximum Gasteiger partial charge on any atom is 0.119 e. The highest BCUT2D eigenvalue weighted by molar-refractivity contribution is 5.43. The molecule has 0 spiro atoms. The molecule has 2 rings (SSSR count). The molecule has 1 aromatic rings. The highest BCUT2D eigenvalue weighted by Crippen LogP contribution is 2.28. The topological polar surface area (TPSA) is 55.5 Å². The average molecular weight is 207 g/mol. The molecule has 3 heteroatoms. The molecule has 0 amide bonds. The van der Waals surface area contributed by atoms with Crippen LogP contribution in [0.15, 0.2) is 12.1 Å². The van der Waals surface area contributed by atoms with Crippen molar-refractivity contribution in [3.8, 4) is 5.75 Å². The minimum atomic E-state index is 0.382. The van der Waals surface area contributed by atoms with Gasteiger partial charge in [0.2, 0.25) is 0 Å². The Morgan fingerprint density at radius 3 is 2.53 bits per heavy atom. The molecule has 1 aliphatic carbocycles. The lowest BCUT2D eigenvalue weighted by atomic mass is 9.89. The van der Waals surface area contributed by atoms with Gasteiger partial charge in [0.15, 0.2) is 0 Å². The Morgan fingerprint density at radius 2 is 1.87 bits per heavy atom. The van der Waals surface area contributed by atoms with Gasteiger partial charge in [0.1, 0.15) is 5.75 Å².